The van der Waals surface area contributed by atoms with Crippen LogP contribution in [0.15, 0.2) is 30.3 Å². The molecule has 28 heavy (non-hydrogen) atoms. The van der Waals surface area contributed by atoms with Gasteiger partial charge in [0.2, 0.25) is 0 Å². The van der Waals surface area contributed by atoms with Crippen molar-refractivity contribution in [3.8, 4) is 11.5 Å². The molecule has 0 aliphatic carbocycles. The Labute approximate surface area is 166 Å². The fourth-order valence-electron chi connectivity index (χ4n) is 3.96. The summed E-state index contributed by atoms with van der Waals surface area (Å²) >= 11 is 0. The molecular weight excluding hydrogens is 354 g/mol. The normalized spacial score (nSPS) is 14.8. The van der Waals surface area contributed by atoms with Gasteiger partial charge in [0, 0.05) is 11.6 Å². The quantitative estimate of drug-likeness (QED) is 0.690. The summed E-state index contributed by atoms with van der Waals surface area (Å²) in [5, 5.41) is 23.4. The Balaban J connectivity index is 1.71. The number of rotatable bonds is 6. The van der Waals surface area contributed by atoms with Crippen LogP contribution in [-0.4, -0.2) is 22.7 Å². The number of carbonyl (C=O) groups excluding carboxylic acids is 1. The average molecular weight is 383 g/mol. The molecule has 3 N–H and O–H groups in total. The van der Waals surface area contributed by atoms with Gasteiger partial charge >= 0.3 is 0 Å². The monoisotopic (exact) mass is 383 g/mol. The second-order valence-electron chi connectivity index (χ2n) is 8.64. The molecular formula is C23H29NO4. The van der Waals surface area contributed by atoms with Crippen molar-refractivity contribution >= 4 is 11.6 Å². The third-order valence-electron chi connectivity index (χ3n) is 5.14. The summed E-state index contributed by atoms with van der Waals surface area (Å²) in [5.41, 5.74) is 4.75. The van der Waals surface area contributed by atoms with Crippen molar-refractivity contribution in [3.05, 3.63) is 52.6 Å². The Morgan fingerprint density at radius 1 is 1.14 bits per heavy atom. The summed E-state index contributed by atoms with van der Waals surface area (Å²) in [5.74, 6) is 0.165. The highest BCUT2D eigenvalue weighted by atomic mass is 16.5. The van der Waals surface area contributed by atoms with E-state index in [2.05, 4.69) is 51.2 Å². The van der Waals surface area contributed by atoms with E-state index in [1.807, 2.05) is 0 Å². The van der Waals surface area contributed by atoms with E-state index in [0.29, 0.717) is 23.4 Å². The predicted molar refractivity (Wildman–Crippen MR) is 110 cm³/mol. The maximum absolute atomic E-state index is 11.5. The number of aliphatic hydroxyl groups excluding tert-OH is 1. The molecule has 1 unspecified atom stereocenters. The number of nitrogens with one attached hydrogen (secondary N) is 1. The Kier molecular flexibility index (Phi) is 5.66. The second kappa shape index (κ2) is 7.84. The van der Waals surface area contributed by atoms with E-state index >= 15 is 0 Å². The first-order chi connectivity index (χ1) is 13.1. The van der Waals surface area contributed by atoms with Gasteiger partial charge in [-0.2, -0.15) is 0 Å². The molecule has 2 aromatic carbocycles. The number of hydrogen-bond donors (Lipinski definition) is 3. The Morgan fingerprint density at radius 3 is 2.50 bits per heavy atom. The number of benzene rings is 2. The van der Waals surface area contributed by atoms with Crippen LogP contribution in [0.25, 0.3) is 0 Å². The topological polar surface area (TPSA) is 78.8 Å². The number of ether oxygens (including phenoxy) is 1. The van der Waals surface area contributed by atoms with Crippen LogP contribution < -0.4 is 10.1 Å². The fourth-order valence-corrected chi connectivity index (χ4v) is 3.96. The molecule has 0 bridgehead atoms. The van der Waals surface area contributed by atoms with Crippen molar-refractivity contribution in [1.29, 1.82) is 0 Å². The summed E-state index contributed by atoms with van der Waals surface area (Å²) in [6, 6.07) is 9.55. The van der Waals surface area contributed by atoms with Gasteiger partial charge in [-0.25, -0.2) is 0 Å². The number of amides is 1. The lowest BCUT2D eigenvalue weighted by molar-refractivity contribution is -0.118. The molecule has 0 saturated carbocycles. The molecule has 0 fully saturated rings. The van der Waals surface area contributed by atoms with Crippen LogP contribution in [0, 0.1) is 19.3 Å². The van der Waals surface area contributed by atoms with E-state index in [1.165, 1.54) is 28.8 Å². The summed E-state index contributed by atoms with van der Waals surface area (Å²) in [6.45, 7) is 8.53. The minimum Gasteiger partial charge on any atom is -0.508 e. The summed E-state index contributed by atoms with van der Waals surface area (Å²) in [6.07, 6.45) is 1.48. The van der Waals surface area contributed by atoms with Gasteiger partial charge in [-0.3, -0.25) is 4.79 Å². The van der Waals surface area contributed by atoms with Gasteiger partial charge in [-0.15, -0.1) is 0 Å². The zero-order valence-electron chi connectivity index (χ0n) is 17.0. The highest BCUT2D eigenvalue weighted by Gasteiger charge is 2.26. The number of aliphatic hydroxyl groups is 1. The highest BCUT2D eigenvalue weighted by Crippen LogP contribution is 2.41. The first-order valence-corrected chi connectivity index (χ1v) is 9.68. The minimum atomic E-state index is -0.783. The van der Waals surface area contributed by atoms with Gasteiger partial charge in [-0.05, 0) is 50.2 Å². The van der Waals surface area contributed by atoms with E-state index in [0.717, 1.165) is 12.8 Å². The first-order valence-electron chi connectivity index (χ1n) is 9.68. The zero-order chi connectivity index (χ0) is 20.5. The number of phenols is 1. The molecule has 0 spiro atoms. The van der Waals surface area contributed by atoms with E-state index in [1.54, 1.807) is 0 Å². The van der Waals surface area contributed by atoms with Crippen LogP contribution in [0.5, 0.6) is 11.5 Å². The summed E-state index contributed by atoms with van der Waals surface area (Å²) in [7, 11) is 0. The number of aryl methyl sites for hydroxylation is 2. The summed E-state index contributed by atoms with van der Waals surface area (Å²) in [4.78, 5) is 11.5. The van der Waals surface area contributed by atoms with Gasteiger partial charge in [0.15, 0.2) is 6.61 Å². The largest absolute Gasteiger partial charge is 0.508 e. The van der Waals surface area contributed by atoms with Gasteiger partial charge in [0.05, 0.1) is 11.8 Å². The van der Waals surface area contributed by atoms with E-state index < -0.39 is 6.10 Å². The van der Waals surface area contributed by atoms with Crippen molar-refractivity contribution in [1.82, 2.24) is 0 Å². The molecule has 1 atom stereocenters. The Bertz CT molecular complexity index is 868. The number of hydrogen-bond acceptors (Lipinski definition) is 4. The van der Waals surface area contributed by atoms with Crippen molar-refractivity contribution in [3.63, 3.8) is 0 Å². The standard InChI is InChI=1S/C23H29NO4/c1-14-7-15(2)9-16(8-14)12-23(3,4)6-5-20(26)18-10-17(25)11-19-22(18)28-13-21(27)24-19/h7-11,20,25-26H,5-6,12-13H2,1-4H3,(H,24,27). The van der Waals surface area contributed by atoms with Crippen LogP contribution in [0.4, 0.5) is 5.69 Å². The lowest BCUT2D eigenvalue weighted by atomic mass is 9.80. The molecule has 1 aliphatic heterocycles. The van der Waals surface area contributed by atoms with Crippen LogP contribution in [-0.2, 0) is 11.2 Å². The fraction of sp³-hybridized carbons (Fsp3) is 0.435. The zero-order valence-corrected chi connectivity index (χ0v) is 17.0. The van der Waals surface area contributed by atoms with Gasteiger partial charge < -0.3 is 20.3 Å². The molecule has 0 radical (unpaired) electrons. The maximum atomic E-state index is 11.5. The minimum absolute atomic E-state index is 0.00639. The third kappa shape index (κ3) is 4.84. The van der Waals surface area contributed by atoms with Gasteiger partial charge in [0.25, 0.3) is 5.91 Å². The second-order valence-corrected chi connectivity index (χ2v) is 8.64. The van der Waals surface area contributed by atoms with Crippen LogP contribution in [0.2, 0.25) is 0 Å². The van der Waals surface area contributed by atoms with Crippen molar-refractivity contribution in [2.24, 2.45) is 5.41 Å². The van der Waals surface area contributed by atoms with Crippen molar-refractivity contribution in [2.45, 2.75) is 53.1 Å². The molecule has 1 heterocycles. The number of phenolic OH excluding ortho intramolecular Hbond substituents is 1. The average Bonchev–Trinajstić information content (AvgIpc) is 2.57. The van der Waals surface area contributed by atoms with Crippen molar-refractivity contribution in [2.75, 3.05) is 11.9 Å². The van der Waals surface area contributed by atoms with Crippen LogP contribution in [0.1, 0.15) is 55.0 Å². The predicted octanol–water partition coefficient (Wildman–Crippen LogP) is 4.42. The van der Waals surface area contributed by atoms with E-state index in [9.17, 15) is 15.0 Å². The molecule has 1 amide bonds. The smallest absolute Gasteiger partial charge is 0.262 e. The van der Waals surface area contributed by atoms with E-state index in [-0.39, 0.29) is 23.7 Å². The van der Waals surface area contributed by atoms with Crippen molar-refractivity contribution < 1.29 is 19.7 Å². The molecule has 0 aromatic heterocycles. The molecule has 5 nitrogen and oxygen atoms in total. The maximum Gasteiger partial charge on any atom is 0.262 e. The SMILES string of the molecule is Cc1cc(C)cc(CC(C)(C)CCC(O)c2cc(O)cc3c2OCC(=O)N3)c1. The van der Waals surface area contributed by atoms with Gasteiger partial charge in [0.1, 0.15) is 11.5 Å². The Morgan fingerprint density at radius 2 is 1.82 bits per heavy atom. The molecule has 0 saturated heterocycles. The number of anilines is 1. The Hall–Kier alpha value is -2.53. The summed E-state index contributed by atoms with van der Waals surface area (Å²) < 4.78 is 5.51. The molecule has 2 aromatic rings. The van der Waals surface area contributed by atoms with E-state index in [4.69, 9.17) is 4.74 Å². The molecule has 5 heteroatoms. The number of fused-ring (bicyclic) bond motifs is 1. The van der Waals surface area contributed by atoms with Crippen LogP contribution in [0.3, 0.4) is 0 Å². The number of aromatic hydroxyl groups is 1. The number of carbonyl (C=O) groups is 1. The third-order valence-corrected chi connectivity index (χ3v) is 5.14. The first kappa shape index (κ1) is 20.2. The highest BCUT2D eigenvalue weighted by molar-refractivity contribution is 5.96. The molecule has 1 aliphatic rings. The van der Waals surface area contributed by atoms with Gasteiger partial charge in [-0.1, -0.05) is 43.2 Å². The lowest BCUT2D eigenvalue weighted by Gasteiger charge is -2.28. The molecule has 150 valence electrons. The van der Waals surface area contributed by atoms with Crippen LogP contribution >= 0.6 is 0 Å². The molecule has 3 rings (SSSR count). The lowest BCUT2D eigenvalue weighted by Crippen LogP contribution is -2.26.